The Morgan fingerprint density at radius 3 is 2.18 bits per heavy atom. The molecule has 10 heteroatoms. The van der Waals surface area contributed by atoms with Crippen LogP contribution in [0.3, 0.4) is 0 Å². The first-order valence-corrected chi connectivity index (χ1v) is 12.4. The predicted molar refractivity (Wildman–Crippen MR) is 150 cm³/mol. The van der Waals surface area contributed by atoms with E-state index in [0.717, 1.165) is 18.8 Å². The van der Waals surface area contributed by atoms with Crippen molar-refractivity contribution in [2.45, 2.75) is 27.7 Å². The molecule has 0 aromatic heterocycles. The van der Waals surface area contributed by atoms with Gasteiger partial charge in [0.25, 0.3) is 5.91 Å². The molecule has 0 atom stereocenters. The first-order chi connectivity index (χ1) is 18.1. The van der Waals surface area contributed by atoms with Crippen LogP contribution in [-0.4, -0.2) is 50.6 Å². The van der Waals surface area contributed by atoms with Crippen LogP contribution in [0, 0.1) is 0 Å². The lowest BCUT2D eigenvalue weighted by Gasteiger charge is -2.22. The van der Waals surface area contributed by atoms with Crippen LogP contribution in [0.4, 0.5) is 17.1 Å². The standard InChI is InChI=1S/C28H31ClN4O5/c1-7-33(8-2)19-9-10-22(24(13-19)30-17(4)34)31-23-15-25(27(35)26(29)16(23)3)32-28(36)18-11-20(37-5)14-21(12-18)38-6/h9-15H,7-8H2,1-6H3,(H,30,34)(H,32,36)/b31-23+. The number of benzene rings is 2. The second-order valence-electron chi connectivity index (χ2n) is 8.43. The molecule has 3 rings (SSSR count). The van der Waals surface area contributed by atoms with Crippen molar-refractivity contribution in [3.8, 4) is 11.5 Å². The number of anilines is 2. The highest BCUT2D eigenvalue weighted by molar-refractivity contribution is 6.49. The Labute approximate surface area is 227 Å². The van der Waals surface area contributed by atoms with E-state index in [-0.39, 0.29) is 22.2 Å². The first kappa shape index (κ1) is 28.5. The van der Waals surface area contributed by atoms with Crippen LogP contribution in [0.15, 0.2) is 63.8 Å². The number of halogens is 1. The Hall–Kier alpha value is -4.11. The Morgan fingerprint density at radius 1 is 1.00 bits per heavy atom. The smallest absolute Gasteiger partial charge is 0.256 e. The van der Waals surface area contributed by atoms with Gasteiger partial charge in [0.05, 0.1) is 42.0 Å². The number of aliphatic imine (C=N–C) groups is 1. The molecule has 2 aromatic carbocycles. The number of hydrogen-bond donors (Lipinski definition) is 2. The highest BCUT2D eigenvalue weighted by Crippen LogP contribution is 2.33. The molecule has 0 radical (unpaired) electrons. The van der Waals surface area contributed by atoms with Crippen molar-refractivity contribution in [1.29, 1.82) is 0 Å². The minimum atomic E-state index is -0.548. The maximum absolute atomic E-state index is 13.0. The maximum Gasteiger partial charge on any atom is 0.256 e. The molecule has 9 nitrogen and oxygen atoms in total. The summed E-state index contributed by atoms with van der Waals surface area (Å²) in [7, 11) is 2.95. The fourth-order valence-electron chi connectivity index (χ4n) is 3.88. The number of carbonyl (C=O) groups is 3. The van der Waals surface area contributed by atoms with Crippen molar-refractivity contribution >= 4 is 52.0 Å². The monoisotopic (exact) mass is 538 g/mol. The molecule has 0 unspecified atom stereocenters. The zero-order valence-electron chi connectivity index (χ0n) is 22.3. The summed E-state index contributed by atoms with van der Waals surface area (Å²) >= 11 is 6.37. The number of amides is 2. The molecule has 0 saturated carbocycles. The molecule has 0 aliphatic heterocycles. The topological polar surface area (TPSA) is 109 Å². The number of ether oxygens (including phenoxy) is 2. The quantitative estimate of drug-likeness (QED) is 0.435. The van der Waals surface area contributed by atoms with Gasteiger partial charge in [0.2, 0.25) is 11.7 Å². The zero-order valence-corrected chi connectivity index (χ0v) is 23.0. The Bertz CT molecular complexity index is 1340. The van der Waals surface area contributed by atoms with E-state index in [2.05, 4.69) is 15.5 Å². The second-order valence-corrected chi connectivity index (χ2v) is 8.81. The highest BCUT2D eigenvalue weighted by atomic mass is 35.5. The Kier molecular flexibility index (Phi) is 9.30. The van der Waals surface area contributed by atoms with Crippen LogP contribution in [0.2, 0.25) is 0 Å². The van der Waals surface area contributed by atoms with E-state index >= 15 is 0 Å². The fraction of sp³-hybridized carbons (Fsp3) is 0.286. The van der Waals surface area contributed by atoms with Gasteiger partial charge in [-0.25, -0.2) is 4.99 Å². The molecule has 0 saturated heterocycles. The van der Waals surface area contributed by atoms with E-state index in [1.807, 2.05) is 26.0 Å². The van der Waals surface area contributed by atoms with Gasteiger partial charge in [0, 0.05) is 37.3 Å². The van der Waals surface area contributed by atoms with Gasteiger partial charge in [-0.3, -0.25) is 14.4 Å². The van der Waals surface area contributed by atoms with Gasteiger partial charge in [-0.2, -0.15) is 0 Å². The van der Waals surface area contributed by atoms with E-state index in [1.165, 1.54) is 39.4 Å². The number of hydrogen-bond acceptors (Lipinski definition) is 7. The molecular formula is C28H31ClN4O5. The van der Waals surface area contributed by atoms with Crippen molar-refractivity contribution in [1.82, 2.24) is 5.32 Å². The third kappa shape index (κ3) is 6.41. The molecule has 38 heavy (non-hydrogen) atoms. The van der Waals surface area contributed by atoms with Gasteiger partial charge in [0.1, 0.15) is 11.5 Å². The number of carbonyl (C=O) groups excluding carboxylic acids is 3. The average molecular weight is 539 g/mol. The van der Waals surface area contributed by atoms with Crippen LogP contribution in [-0.2, 0) is 9.59 Å². The van der Waals surface area contributed by atoms with Gasteiger partial charge in [0.15, 0.2) is 0 Å². The van der Waals surface area contributed by atoms with E-state index in [1.54, 1.807) is 19.1 Å². The minimum Gasteiger partial charge on any atom is -0.497 e. The van der Waals surface area contributed by atoms with Crippen molar-refractivity contribution < 1.29 is 23.9 Å². The molecule has 0 bridgehead atoms. The summed E-state index contributed by atoms with van der Waals surface area (Å²) in [5.74, 6) is -0.483. The molecule has 0 fully saturated rings. The number of ketones is 1. The van der Waals surface area contributed by atoms with Gasteiger partial charge in [-0.15, -0.1) is 0 Å². The average Bonchev–Trinajstić information content (AvgIpc) is 2.91. The van der Waals surface area contributed by atoms with Gasteiger partial charge in [-0.05, 0) is 62.8 Å². The van der Waals surface area contributed by atoms with Crippen molar-refractivity contribution in [3.63, 3.8) is 0 Å². The molecule has 1 aliphatic rings. The molecule has 0 heterocycles. The molecule has 2 N–H and O–H groups in total. The normalized spacial score (nSPS) is 14.2. The molecule has 1 aliphatic carbocycles. The van der Waals surface area contributed by atoms with Gasteiger partial charge >= 0.3 is 0 Å². The largest absolute Gasteiger partial charge is 0.497 e. The zero-order chi connectivity index (χ0) is 28.0. The second kappa shape index (κ2) is 12.4. The summed E-state index contributed by atoms with van der Waals surface area (Å²) in [4.78, 5) is 44.7. The molecule has 200 valence electrons. The number of allylic oxidation sites excluding steroid dienone is 3. The van der Waals surface area contributed by atoms with Gasteiger partial charge in [-0.1, -0.05) is 11.6 Å². The van der Waals surface area contributed by atoms with Crippen molar-refractivity contribution in [2.75, 3.05) is 37.5 Å². The Morgan fingerprint density at radius 2 is 1.63 bits per heavy atom. The first-order valence-electron chi connectivity index (χ1n) is 12.0. The minimum absolute atomic E-state index is 0.0352. The molecule has 2 amide bonds. The maximum atomic E-state index is 13.0. The summed E-state index contributed by atoms with van der Waals surface area (Å²) in [5, 5.41) is 5.39. The summed E-state index contributed by atoms with van der Waals surface area (Å²) in [5.41, 5.74) is 2.93. The summed E-state index contributed by atoms with van der Waals surface area (Å²) in [6.07, 6.45) is 1.47. The molecular weight excluding hydrogens is 508 g/mol. The fourth-order valence-corrected chi connectivity index (χ4v) is 4.08. The lowest BCUT2D eigenvalue weighted by Crippen LogP contribution is -2.31. The van der Waals surface area contributed by atoms with Crippen molar-refractivity contribution in [2.24, 2.45) is 4.99 Å². The summed E-state index contributed by atoms with van der Waals surface area (Å²) in [6, 6.07) is 10.2. The predicted octanol–water partition coefficient (Wildman–Crippen LogP) is 4.99. The Balaban J connectivity index is 2.02. The number of Topliss-reactive ketones (excluding diaryl/α,β-unsaturated/α-hetero) is 1. The summed E-state index contributed by atoms with van der Waals surface area (Å²) < 4.78 is 10.5. The third-order valence-corrected chi connectivity index (χ3v) is 6.42. The lowest BCUT2D eigenvalue weighted by molar-refractivity contribution is -0.114. The van der Waals surface area contributed by atoms with Crippen LogP contribution < -0.4 is 25.0 Å². The lowest BCUT2D eigenvalue weighted by atomic mass is 10.0. The van der Waals surface area contributed by atoms with Crippen LogP contribution in [0.25, 0.3) is 0 Å². The van der Waals surface area contributed by atoms with Crippen molar-refractivity contribution in [3.05, 3.63) is 64.3 Å². The summed E-state index contributed by atoms with van der Waals surface area (Å²) in [6.45, 7) is 8.79. The third-order valence-electron chi connectivity index (χ3n) is 5.96. The number of methoxy groups -OCH3 is 2. The number of rotatable bonds is 9. The van der Waals surface area contributed by atoms with E-state index in [0.29, 0.717) is 34.2 Å². The molecule has 0 spiro atoms. The highest BCUT2D eigenvalue weighted by Gasteiger charge is 2.26. The number of nitrogens with one attached hydrogen (secondary N) is 2. The van der Waals surface area contributed by atoms with Gasteiger partial charge < -0.3 is 25.0 Å². The SMILES string of the molecule is CCN(CC)c1ccc(/N=C2\C=C(NC(=O)c3cc(OC)cc(OC)c3)C(=O)C(Cl)=C2C)c(NC(C)=O)c1. The van der Waals surface area contributed by atoms with E-state index < -0.39 is 11.7 Å². The van der Waals surface area contributed by atoms with Crippen LogP contribution in [0.5, 0.6) is 11.5 Å². The molecule has 2 aromatic rings. The van der Waals surface area contributed by atoms with Crippen LogP contribution >= 0.6 is 11.6 Å². The number of nitrogens with zero attached hydrogens (tertiary/aromatic N) is 2. The van der Waals surface area contributed by atoms with E-state index in [4.69, 9.17) is 26.1 Å². The van der Waals surface area contributed by atoms with Crippen LogP contribution in [0.1, 0.15) is 38.1 Å². The van der Waals surface area contributed by atoms with E-state index in [9.17, 15) is 14.4 Å².